The van der Waals surface area contributed by atoms with E-state index in [2.05, 4.69) is 23.5 Å². The van der Waals surface area contributed by atoms with Crippen molar-refractivity contribution < 1.29 is 27.9 Å². The number of hydrogen-bond donors (Lipinski definition) is 2. The first-order chi connectivity index (χ1) is 13.7. The smallest absolute Gasteiger partial charge is 0.289 e. The standard InChI is InChI=1S/C19H28N2O7S/c1-4-5-6-7-8-11-14-19(22,18(27-2)28-3)15-20-29(25,26)17-13-10-9-12-16(17)21(23)24/h9-10,12-13,18,20,22H,4-6,11,14-15H2,1-3H3/t19-/m1/s1. The summed E-state index contributed by atoms with van der Waals surface area (Å²) in [7, 11) is -1.62. The second-order valence-corrected chi connectivity index (χ2v) is 8.15. The van der Waals surface area contributed by atoms with Crippen molar-refractivity contribution in [3.05, 3.63) is 34.4 Å². The summed E-state index contributed by atoms with van der Waals surface area (Å²) in [6, 6.07) is 4.98. The highest BCUT2D eigenvalue weighted by Gasteiger charge is 2.39. The Balaban J connectivity index is 2.99. The molecular formula is C19H28N2O7S. The fourth-order valence-corrected chi connectivity index (χ4v) is 3.95. The first kappa shape index (κ1) is 25.0. The molecule has 0 heterocycles. The minimum Gasteiger partial charge on any atom is -0.383 e. The van der Waals surface area contributed by atoms with Crippen LogP contribution in [0.4, 0.5) is 5.69 Å². The van der Waals surface area contributed by atoms with Gasteiger partial charge in [0.25, 0.3) is 5.69 Å². The van der Waals surface area contributed by atoms with Gasteiger partial charge in [0.15, 0.2) is 11.2 Å². The Labute approximate surface area is 171 Å². The molecule has 29 heavy (non-hydrogen) atoms. The van der Waals surface area contributed by atoms with E-state index in [1.54, 1.807) is 0 Å². The van der Waals surface area contributed by atoms with Crippen LogP contribution >= 0.6 is 0 Å². The first-order valence-corrected chi connectivity index (χ1v) is 10.7. The van der Waals surface area contributed by atoms with Crippen molar-refractivity contribution in [2.75, 3.05) is 20.8 Å². The second-order valence-electron chi connectivity index (χ2n) is 6.41. The Bertz CT molecular complexity index is 828. The number of nitro groups is 1. The molecule has 0 bridgehead atoms. The lowest BCUT2D eigenvalue weighted by atomic mass is 9.97. The van der Waals surface area contributed by atoms with E-state index < -0.39 is 44.0 Å². The molecule has 10 heteroatoms. The summed E-state index contributed by atoms with van der Waals surface area (Å²) in [4.78, 5) is 9.86. The molecule has 1 atom stereocenters. The van der Waals surface area contributed by atoms with Gasteiger partial charge in [-0.3, -0.25) is 10.1 Å². The van der Waals surface area contributed by atoms with E-state index in [0.29, 0.717) is 6.42 Å². The molecule has 1 aromatic carbocycles. The van der Waals surface area contributed by atoms with E-state index in [1.165, 1.54) is 26.4 Å². The van der Waals surface area contributed by atoms with Crippen molar-refractivity contribution in [2.24, 2.45) is 0 Å². The number of benzene rings is 1. The average molecular weight is 429 g/mol. The van der Waals surface area contributed by atoms with E-state index in [1.807, 2.05) is 0 Å². The Morgan fingerprint density at radius 2 is 1.86 bits per heavy atom. The van der Waals surface area contributed by atoms with Crippen LogP contribution in [0.25, 0.3) is 0 Å². The summed E-state index contributed by atoms with van der Waals surface area (Å²) in [6.07, 6.45) is 2.02. The van der Waals surface area contributed by atoms with Crippen LogP contribution < -0.4 is 4.72 Å². The average Bonchev–Trinajstić information content (AvgIpc) is 2.70. The third-order valence-electron chi connectivity index (χ3n) is 4.25. The van der Waals surface area contributed by atoms with Crippen LogP contribution in [-0.4, -0.2) is 51.1 Å². The molecule has 0 saturated heterocycles. The number of sulfonamides is 1. The van der Waals surface area contributed by atoms with Gasteiger partial charge in [-0.15, -0.1) is 11.8 Å². The van der Waals surface area contributed by atoms with Gasteiger partial charge in [-0.25, -0.2) is 13.1 Å². The van der Waals surface area contributed by atoms with Gasteiger partial charge in [-0.05, 0) is 18.9 Å². The molecule has 0 aliphatic heterocycles. The summed E-state index contributed by atoms with van der Waals surface area (Å²) in [5.74, 6) is 5.94. The van der Waals surface area contributed by atoms with E-state index >= 15 is 0 Å². The van der Waals surface area contributed by atoms with Gasteiger partial charge in [-0.2, -0.15) is 0 Å². The zero-order valence-corrected chi connectivity index (χ0v) is 17.7. The van der Waals surface area contributed by atoms with Crippen molar-refractivity contribution in [2.45, 2.75) is 55.8 Å². The molecule has 0 spiro atoms. The second kappa shape index (κ2) is 11.8. The molecule has 0 aliphatic rings. The number of aliphatic hydroxyl groups is 1. The molecule has 0 unspecified atom stereocenters. The van der Waals surface area contributed by atoms with Crippen LogP contribution in [0.3, 0.4) is 0 Å². The highest BCUT2D eigenvalue weighted by Crippen LogP contribution is 2.25. The predicted molar refractivity (Wildman–Crippen MR) is 108 cm³/mol. The normalized spacial score (nSPS) is 13.6. The lowest BCUT2D eigenvalue weighted by molar-refractivity contribution is -0.387. The monoisotopic (exact) mass is 428 g/mol. The maximum Gasteiger partial charge on any atom is 0.289 e. The van der Waals surface area contributed by atoms with Gasteiger partial charge < -0.3 is 14.6 Å². The van der Waals surface area contributed by atoms with E-state index in [9.17, 15) is 23.6 Å². The summed E-state index contributed by atoms with van der Waals surface area (Å²) in [5.41, 5.74) is -2.28. The van der Waals surface area contributed by atoms with E-state index in [-0.39, 0.29) is 6.42 Å². The molecule has 0 radical (unpaired) electrons. The van der Waals surface area contributed by atoms with Crippen LogP contribution in [0.15, 0.2) is 29.2 Å². The molecule has 0 aliphatic carbocycles. The Morgan fingerprint density at radius 3 is 2.45 bits per heavy atom. The minimum absolute atomic E-state index is 0.0812. The molecule has 0 amide bonds. The summed E-state index contributed by atoms with van der Waals surface area (Å²) in [5, 5.41) is 22.1. The number of rotatable bonds is 12. The molecule has 0 fully saturated rings. The molecule has 1 aromatic rings. The van der Waals surface area contributed by atoms with Crippen molar-refractivity contribution in [3.8, 4) is 11.8 Å². The number of methoxy groups -OCH3 is 2. The third kappa shape index (κ3) is 7.38. The predicted octanol–water partition coefficient (Wildman–Crippen LogP) is 2.20. The van der Waals surface area contributed by atoms with Crippen LogP contribution in [0.5, 0.6) is 0 Å². The van der Waals surface area contributed by atoms with Crippen molar-refractivity contribution in [1.82, 2.24) is 4.72 Å². The molecule has 0 aromatic heterocycles. The van der Waals surface area contributed by atoms with Crippen LogP contribution in [0.2, 0.25) is 0 Å². The minimum atomic E-state index is -4.26. The van der Waals surface area contributed by atoms with Gasteiger partial charge in [-0.1, -0.05) is 25.5 Å². The van der Waals surface area contributed by atoms with Gasteiger partial charge >= 0.3 is 0 Å². The molecule has 1 rings (SSSR count). The molecular weight excluding hydrogens is 400 g/mol. The van der Waals surface area contributed by atoms with Crippen LogP contribution in [0, 0.1) is 22.0 Å². The number of para-hydroxylation sites is 1. The highest BCUT2D eigenvalue weighted by atomic mass is 32.2. The first-order valence-electron chi connectivity index (χ1n) is 9.18. The largest absolute Gasteiger partial charge is 0.383 e. The van der Waals surface area contributed by atoms with Crippen molar-refractivity contribution in [1.29, 1.82) is 0 Å². The molecule has 0 saturated carbocycles. The van der Waals surface area contributed by atoms with Gasteiger partial charge in [0.2, 0.25) is 10.0 Å². The summed E-state index contributed by atoms with van der Waals surface area (Å²) in [6.45, 7) is 1.59. The Kier molecular flexibility index (Phi) is 10.2. The maximum absolute atomic E-state index is 12.6. The Morgan fingerprint density at radius 1 is 1.24 bits per heavy atom. The lowest BCUT2D eigenvalue weighted by Crippen LogP contribution is -2.52. The summed E-state index contributed by atoms with van der Waals surface area (Å²) < 4.78 is 37.7. The van der Waals surface area contributed by atoms with E-state index in [4.69, 9.17) is 9.47 Å². The zero-order valence-electron chi connectivity index (χ0n) is 16.9. The van der Waals surface area contributed by atoms with Crippen molar-refractivity contribution >= 4 is 15.7 Å². The number of nitrogens with zero attached hydrogens (tertiary/aromatic N) is 1. The maximum atomic E-state index is 12.6. The number of nitro benzene ring substituents is 1. The lowest BCUT2D eigenvalue weighted by Gasteiger charge is -2.33. The highest BCUT2D eigenvalue weighted by molar-refractivity contribution is 7.89. The van der Waals surface area contributed by atoms with Crippen LogP contribution in [-0.2, 0) is 19.5 Å². The molecule has 9 nitrogen and oxygen atoms in total. The summed E-state index contributed by atoms with van der Waals surface area (Å²) >= 11 is 0. The Hall–Kier alpha value is -2.03. The fourth-order valence-electron chi connectivity index (χ4n) is 2.68. The number of unbranched alkanes of at least 4 members (excludes halogenated alkanes) is 2. The molecule has 162 valence electrons. The number of hydrogen-bond acceptors (Lipinski definition) is 7. The zero-order chi connectivity index (χ0) is 21.9. The third-order valence-corrected chi connectivity index (χ3v) is 5.70. The number of nitrogens with one attached hydrogen (secondary N) is 1. The fraction of sp³-hybridized carbons (Fsp3) is 0.579. The SMILES string of the molecule is CCCCC#CCC[C@@](O)(CNS(=O)(=O)c1ccccc1[N+](=O)[O-])C(OC)OC. The van der Waals surface area contributed by atoms with Gasteiger partial charge in [0, 0.05) is 39.7 Å². The van der Waals surface area contributed by atoms with Gasteiger partial charge in [0.05, 0.1) is 4.92 Å². The van der Waals surface area contributed by atoms with E-state index in [0.717, 1.165) is 31.4 Å². The number of ether oxygens (including phenoxy) is 2. The topological polar surface area (TPSA) is 128 Å². The molecule has 2 N–H and O–H groups in total. The van der Waals surface area contributed by atoms with Gasteiger partial charge in [0.1, 0.15) is 5.60 Å². The van der Waals surface area contributed by atoms with Crippen LogP contribution in [0.1, 0.15) is 39.0 Å². The quantitative estimate of drug-likeness (QED) is 0.172. The van der Waals surface area contributed by atoms with Crippen molar-refractivity contribution in [3.63, 3.8) is 0 Å².